The molecule has 1 N–H and O–H groups in total. The van der Waals surface area contributed by atoms with Crippen molar-refractivity contribution in [2.45, 2.75) is 20.4 Å². The average molecular weight is 248 g/mol. The maximum atomic E-state index is 12.0. The van der Waals surface area contributed by atoms with Crippen LogP contribution in [0, 0.1) is 13.8 Å². The van der Waals surface area contributed by atoms with Gasteiger partial charge in [-0.2, -0.15) is 0 Å². The van der Waals surface area contributed by atoms with Crippen molar-refractivity contribution in [1.29, 1.82) is 0 Å². The number of amides is 1. The number of nitrogens with zero attached hydrogens (tertiary/aromatic N) is 1. The van der Waals surface area contributed by atoms with Crippen molar-refractivity contribution < 1.29 is 4.79 Å². The molecule has 0 radical (unpaired) electrons. The first-order valence-corrected chi connectivity index (χ1v) is 6.35. The van der Waals surface area contributed by atoms with Crippen LogP contribution in [0.4, 0.5) is 0 Å². The fraction of sp³-hybridized carbons (Fsp3) is 0.308. The number of nitrogens with one attached hydrogen (secondary N) is 1. The molecule has 2 aromatic rings. The third-order valence-electron chi connectivity index (χ3n) is 2.73. The first-order chi connectivity index (χ1) is 8.08. The monoisotopic (exact) mass is 248 g/mol. The molecule has 0 spiro atoms. The van der Waals surface area contributed by atoms with Crippen LogP contribution in [-0.4, -0.2) is 10.5 Å². The molecule has 0 aliphatic heterocycles. The summed E-state index contributed by atoms with van der Waals surface area (Å²) in [4.78, 5) is 14.0. The molecule has 0 fully saturated rings. The van der Waals surface area contributed by atoms with Crippen LogP contribution >= 0.6 is 11.3 Å². The standard InChI is InChI=1S/C13H16N2OS/c1-9-7-10(2)17-12(9)13(16)14-8-11-5-4-6-15(11)3/h4-7H,8H2,1-3H3,(H,14,16). The van der Waals surface area contributed by atoms with Crippen molar-refractivity contribution in [2.24, 2.45) is 7.05 Å². The first-order valence-electron chi connectivity index (χ1n) is 5.53. The Hall–Kier alpha value is -1.55. The normalized spacial score (nSPS) is 10.5. The second-order valence-electron chi connectivity index (χ2n) is 4.16. The van der Waals surface area contributed by atoms with Crippen molar-refractivity contribution in [2.75, 3.05) is 0 Å². The highest BCUT2D eigenvalue weighted by molar-refractivity contribution is 7.14. The van der Waals surface area contributed by atoms with Gasteiger partial charge in [0.2, 0.25) is 0 Å². The zero-order valence-corrected chi connectivity index (χ0v) is 11.1. The summed E-state index contributed by atoms with van der Waals surface area (Å²) in [6.45, 7) is 4.56. The molecule has 0 saturated carbocycles. The number of thiophene rings is 1. The number of carbonyl (C=O) groups excluding carboxylic acids is 1. The highest BCUT2D eigenvalue weighted by Gasteiger charge is 2.12. The van der Waals surface area contributed by atoms with Crippen LogP contribution in [-0.2, 0) is 13.6 Å². The van der Waals surface area contributed by atoms with Gasteiger partial charge in [-0.3, -0.25) is 4.79 Å². The molecule has 3 nitrogen and oxygen atoms in total. The molecule has 4 heteroatoms. The zero-order valence-electron chi connectivity index (χ0n) is 10.3. The number of aromatic nitrogens is 1. The van der Waals surface area contributed by atoms with Gasteiger partial charge in [0, 0.05) is 23.8 Å². The Bertz CT molecular complexity index is 539. The summed E-state index contributed by atoms with van der Waals surface area (Å²) in [5, 5.41) is 2.95. The molecule has 0 bridgehead atoms. The Kier molecular flexibility index (Phi) is 3.33. The first kappa shape index (κ1) is 11.9. The quantitative estimate of drug-likeness (QED) is 0.890. The molecular formula is C13H16N2OS. The summed E-state index contributed by atoms with van der Waals surface area (Å²) < 4.78 is 2.01. The van der Waals surface area contributed by atoms with E-state index in [4.69, 9.17) is 0 Å². The highest BCUT2D eigenvalue weighted by Crippen LogP contribution is 2.20. The third-order valence-corrected chi connectivity index (χ3v) is 3.88. The lowest BCUT2D eigenvalue weighted by molar-refractivity contribution is 0.0953. The van der Waals surface area contributed by atoms with Crippen LogP contribution in [0.3, 0.4) is 0 Å². The van der Waals surface area contributed by atoms with E-state index < -0.39 is 0 Å². The van der Waals surface area contributed by atoms with E-state index in [9.17, 15) is 4.79 Å². The number of aryl methyl sites for hydroxylation is 3. The van der Waals surface area contributed by atoms with Crippen molar-refractivity contribution in [3.8, 4) is 0 Å². The summed E-state index contributed by atoms with van der Waals surface area (Å²) >= 11 is 1.55. The lowest BCUT2D eigenvalue weighted by Crippen LogP contribution is -2.23. The van der Waals surface area contributed by atoms with Crippen LogP contribution in [0.5, 0.6) is 0 Å². The molecule has 2 rings (SSSR count). The van der Waals surface area contributed by atoms with E-state index >= 15 is 0 Å². The van der Waals surface area contributed by atoms with Crippen molar-refractivity contribution in [3.63, 3.8) is 0 Å². The summed E-state index contributed by atoms with van der Waals surface area (Å²) in [5.41, 5.74) is 2.15. The van der Waals surface area contributed by atoms with Gasteiger partial charge in [-0.05, 0) is 37.6 Å². The fourth-order valence-corrected chi connectivity index (χ4v) is 2.74. The third kappa shape index (κ3) is 2.58. The van der Waals surface area contributed by atoms with E-state index in [0.717, 1.165) is 16.1 Å². The van der Waals surface area contributed by atoms with Gasteiger partial charge in [0.05, 0.1) is 11.4 Å². The second kappa shape index (κ2) is 4.75. The van der Waals surface area contributed by atoms with E-state index in [2.05, 4.69) is 5.32 Å². The summed E-state index contributed by atoms with van der Waals surface area (Å²) in [5.74, 6) is 0.0156. The highest BCUT2D eigenvalue weighted by atomic mass is 32.1. The van der Waals surface area contributed by atoms with Gasteiger partial charge in [-0.1, -0.05) is 0 Å². The lowest BCUT2D eigenvalue weighted by atomic mass is 10.2. The van der Waals surface area contributed by atoms with Gasteiger partial charge in [0.1, 0.15) is 0 Å². The van der Waals surface area contributed by atoms with Crippen LogP contribution in [0.1, 0.15) is 25.8 Å². The van der Waals surface area contributed by atoms with Gasteiger partial charge >= 0.3 is 0 Å². The van der Waals surface area contributed by atoms with Gasteiger partial charge < -0.3 is 9.88 Å². The van der Waals surface area contributed by atoms with E-state index in [1.165, 1.54) is 4.88 Å². The van der Waals surface area contributed by atoms with E-state index in [-0.39, 0.29) is 5.91 Å². The summed E-state index contributed by atoms with van der Waals surface area (Å²) in [6.07, 6.45) is 1.97. The SMILES string of the molecule is Cc1cc(C)c(C(=O)NCc2cccn2C)s1. The number of hydrogen-bond acceptors (Lipinski definition) is 2. The Morgan fingerprint density at radius 2 is 2.24 bits per heavy atom. The maximum absolute atomic E-state index is 12.0. The van der Waals surface area contributed by atoms with Gasteiger partial charge in [0.25, 0.3) is 5.91 Å². The van der Waals surface area contributed by atoms with E-state index in [1.807, 2.05) is 49.9 Å². The van der Waals surface area contributed by atoms with Gasteiger partial charge in [0.15, 0.2) is 0 Å². The summed E-state index contributed by atoms with van der Waals surface area (Å²) in [6, 6.07) is 6.02. The molecule has 1 amide bonds. The molecule has 17 heavy (non-hydrogen) atoms. The maximum Gasteiger partial charge on any atom is 0.261 e. The van der Waals surface area contributed by atoms with Crippen molar-refractivity contribution >= 4 is 17.2 Å². The number of rotatable bonds is 3. The molecular weight excluding hydrogens is 232 g/mol. The predicted octanol–water partition coefficient (Wildman–Crippen LogP) is 2.63. The molecule has 0 aliphatic carbocycles. The molecule has 0 aliphatic rings. The minimum Gasteiger partial charge on any atom is -0.353 e. The Morgan fingerprint density at radius 3 is 2.76 bits per heavy atom. The number of hydrogen-bond donors (Lipinski definition) is 1. The minimum absolute atomic E-state index is 0.0156. The predicted molar refractivity (Wildman–Crippen MR) is 70.4 cm³/mol. The van der Waals surface area contributed by atoms with Crippen LogP contribution in [0.15, 0.2) is 24.4 Å². The van der Waals surface area contributed by atoms with Gasteiger partial charge in [-0.15, -0.1) is 11.3 Å². The Labute approximate surface area is 105 Å². The lowest BCUT2D eigenvalue weighted by Gasteiger charge is -2.05. The smallest absolute Gasteiger partial charge is 0.261 e. The largest absolute Gasteiger partial charge is 0.353 e. The number of carbonyl (C=O) groups is 1. The Morgan fingerprint density at radius 1 is 1.47 bits per heavy atom. The fourth-order valence-electron chi connectivity index (χ4n) is 1.80. The molecule has 0 aromatic carbocycles. The minimum atomic E-state index is 0.0156. The topological polar surface area (TPSA) is 34.0 Å². The molecule has 0 unspecified atom stereocenters. The van der Waals surface area contributed by atoms with E-state index in [0.29, 0.717) is 6.54 Å². The van der Waals surface area contributed by atoms with Crippen molar-refractivity contribution in [1.82, 2.24) is 9.88 Å². The second-order valence-corrected chi connectivity index (χ2v) is 5.42. The summed E-state index contributed by atoms with van der Waals surface area (Å²) in [7, 11) is 1.97. The van der Waals surface area contributed by atoms with Crippen LogP contribution < -0.4 is 5.32 Å². The van der Waals surface area contributed by atoms with Crippen LogP contribution in [0.25, 0.3) is 0 Å². The van der Waals surface area contributed by atoms with Crippen molar-refractivity contribution in [3.05, 3.63) is 45.4 Å². The molecule has 0 atom stereocenters. The molecule has 0 saturated heterocycles. The molecule has 2 heterocycles. The zero-order chi connectivity index (χ0) is 12.4. The van der Waals surface area contributed by atoms with Crippen LogP contribution in [0.2, 0.25) is 0 Å². The Balaban J connectivity index is 2.03. The van der Waals surface area contributed by atoms with Gasteiger partial charge in [-0.25, -0.2) is 0 Å². The molecule has 90 valence electrons. The molecule has 2 aromatic heterocycles. The average Bonchev–Trinajstić information content (AvgIpc) is 2.81. The van der Waals surface area contributed by atoms with E-state index in [1.54, 1.807) is 11.3 Å².